The summed E-state index contributed by atoms with van der Waals surface area (Å²) in [5.74, 6) is 1.29. The second kappa shape index (κ2) is 7.53. The fraction of sp³-hybridized carbons (Fsp3) is 0.136. The van der Waals surface area contributed by atoms with Gasteiger partial charge in [0.05, 0.1) is 28.7 Å². The zero-order chi connectivity index (χ0) is 21.3. The molecule has 2 aromatic heterocycles. The van der Waals surface area contributed by atoms with Crippen molar-refractivity contribution in [3.8, 4) is 23.3 Å². The van der Waals surface area contributed by atoms with E-state index < -0.39 is 0 Å². The van der Waals surface area contributed by atoms with E-state index in [0.29, 0.717) is 11.4 Å². The molecule has 3 N–H and O–H groups in total. The van der Waals surface area contributed by atoms with Gasteiger partial charge in [-0.25, -0.2) is 15.0 Å². The quantitative estimate of drug-likeness (QED) is 0.541. The largest absolute Gasteiger partial charge is 0.382 e. The number of hydrogen-bond donors (Lipinski definition) is 2. The average Bonchev–Trinajstić information content (AvgIpc) is 3.11. The van der Waals surface area contributed by atoms with E-state index in [1.807, 2.05) is 54.9 Å². The molecule has 0 bridgehead atoms. The van der Waals surface area contributed by atoms with Gasteiger partial charge in [-0.15, -0.1) is 0 Å². The molecular weight excluding hydrogens is 376 g/mol. The van der Waals surface area contributed by atoms with Crippen molar-refractivity contribution in [1.29, 1.82) is 10.5 Å². The van der Waals surface area contributed by atoms with Crippen LogP contribution in [0.1, 0.15) is 29.9 Å². The van der Waals surface area contributed by atoms with Crippen molar-refractivity contribution in [1.82, 2.24) is 19.5 Å². The Morgan fingerprint density at radius 3 is 2.53 bits per heavy atom. The van der Waals surface area contributed by atoms with Crippen molar-refractivity contribution < 1.29 is 0 Å². The fourth-order valence-corrected chi connectivity index (χ4v) is 3.52. The minimum atomic E-state index is -0.238. The summed E-state index contributed by atoms with van der Waals surface area (Å²) in [6, 6.07) is 17.4. The minimum absolute atomic E-state index is 0.135. The Kier molecular flexibility index (Phi) is 4.75. The van der Waals surface area contributed by atoms with Crippen molar-refractivity contribution >= 4 is 22.7 Å². The second-order valence-electron chi connectivity index (χ2n) is 6.85. The molecule has 0 unspecified atom stereocenters. The highest BCUT2D eigenvalue weighted by Gasteiger charge is 2.19. The number of aromatic nitrogens is 4. The van der Waals surface area contributed by atoms with E-state index in [9.17, 15) is 5.26 Å². The van der Waals surface area contributed by atoms with E-state index in [0.717, 1.165) is 28.0 Å². The third-order valence-electron chi connectivity index (χ3n) is 4.98. The Morgan fingerprint density at radius 2 is 1.83 bits per heavy atom. The van der Waals surface area contributed by atoms with Gasteiger partial charge >= 0.3 is 0 Å². The summed E-state index contributed by atoms with van der Waals surface area (Å²) in [4.78, 5) is 12.8. The van der Waals surface area contributed by atoms with Crippen LogP contribution < -0.4 is 11.1 Å². The van der Waals surface area contributed by atoms with Crippen molar-refractivity contribution in [3.63, 3.8) is 0 Å². The van der Waals surface area contributed by atoms with Gasteiger partial charge in [0.2, 0.25) is 0 Å². The molecule has 8 nitrogen and oxygen atoms in total. The standard InChI is InChI=1S/C22H18N8/c1-13(28-21-17(11-24)20(25)26-12-27-21)22-29-18-5-3-4-16(19(18)30(22)2)15-8-6-14(10-23)7-9-15/h3-9,12-13H,1-2H3,(H3,25,26,27,28)/t13-/m0/s1. The minimum Gasteiger partial charge on any atom is -0.382 e. The number of nitriles is 2. The molecule has 0 radical (unpaired) electrons. The van der Waals surface area contributed by atoms with Crippen LogP contribution >= 0.6 is 0 Å². The van der Waals surface area contributed by atoms with Crippen molar-refractivity contribution in [2.45, 2.75) is 13.0 Å². The lowest BCUT2D eigenvalue weighted by atomic mass is 10.0. The first-order valence-corrected chi connectivity index (χ1v) is 9.26. The lowest BCUT2D eigenvalue weighted by molar-refractivity contribution is 0.730. The Balaban J connectivity index is 1.76. The molecule has 0 spiro atoms. The maximum absolute atomic E-state index is 9.36. The number of rotatable bonds is 4. The number of fused-ring (bicyclic) bond motifs is 1. The number of hydrogen-bond acceptors (Lipinski definition) is 7. The number of aryl methyl sites for hydroxylation is 1. The Hall–Kier alpha value is -4.43. The maximum Gasteiger partial charge on any atom is 0.150 e. The Bertz CT molecular complexity index is 1320. The van der Waals surface area contributed by atoms with Crippen LogP contribution in [0.4, 0.5) is 11.6 Å². The van der Waals surface area contributed by atoms with E-state index in [-0.39, 0.29) is 17.4 Å². The van der Waals surface area contributed by atoms with Crippen LogP contribution in [-0.4, -0.2) is 19.5 Å². The smallest absolute Gasteiger partial charge is 0.150 e. The molecule has 0 saturated carbocycles. The summed E-state index contributed by atoms with van der Waals surface area (Å²) in [7, 11) is 1.95. The van der Waals surface area contributed by atoms with Gasteiger partial charge in [0.15, 0.2) is 0 Å². The number of nitrogens with zero attached hydrogens (tertiary/aromatic N) is 6. The summed E-state index contributed by atoms with van der Waals surface area (Å²) >= 11 is 0. The van der Waals surface area contributed by atoms with Crippen LogP contribution in [0.15, 0.2) is 48.8 Å². The highest BCUT2D eigenvalue weighted by Crippen LogP contribution is 2.31. The lowest BCUT2D eigenvalue weighted by Gasteiger charge is -2.16. The molecule has 0 aliphatic carbocycles. The van der Waals surface area contributed by atoms with Gasteiger partial charge in [0.1, 0.15) is 35.4 Å². The van der Waals surface area contributed by atoms with Gasteiger partial charge in [0, 0.05) is 12.6 Å². The number of nitrogens with one attached hydrogen (secondary N) is 1. The highest BCUT2D eigenvalue weighted by atomic mass is 15.1. The van der Waals surface area contributed by atoms with Gasteiger partial charge in [-0.3, -0.25) is 0 Å². The Labute approximate surface area is 173 Å². The number of nitrogen functional groups attached to an aromatic ring is 1. The lowest BCUT2D eigenvalue weighted by Crippen LogP contribution is -2.14. The van der Waals surface area contributed by atoms with E-state index in [2.05, 4.69) is 21.4 Å². The van der Waals surface area contributed by atoms with Crippen molar-refractivity contribution in [2.75, 3.05) is 11.1 Å². The van der Waals surface area contributed by atoms with Crippen LogP contribution in [0, 0.1) is 22.7 Å². The number of benzene rings is 2. The van der Waals surface area contributed by atoms with Crippen LogP contribution in [0.5, 0.6) is 0 Å². The molecule has 8 heteroatoms. The number of para-hydroxylation sites is 1. The van der Waals surface area contributed by atoms with Crippen LogP contribution in [0.25, 0.3) is 22.2 Å². The molecule has 146 valence electrons. The molecule has 30 heavy (non-hydrogen) atoms. The predicted molar refractivity (Wildman–Crippen MR) is 114 cm³/mol. The molecule has 0 amide bonds. The summed E-state index contributed by atoms with van der Waals surface area (Å²) in [5, 5.41) is 21.6. The zero-order valence-electron chi connectivity index (χ0n) is 16.5. The van der Waals surface area contributed by atoms with Crippen LogP contribution in [-0.2, 0) is 7.05 Å². The first kappa shape index (κ1) is 18.9. The third-order valence-corrected chi connectivity index (χ3v) is 4.98. The summed E-state index contributed by atoms with van der Waals surface area (Å²) in [6.45, 7) is 1.95. The Morgan fingerprint density at radius 1 is 1.07 bits per heavy atom. The van der Waals surface area contributed by atoms with E-state index in [4.69, 9.17) is 16.0 Å². The molecule has 0 saturated heterocycles. The maximum atomic E-state index is 9.36. The molecule has 2 heterocycles. The molecule has 1 atom stereocenters. The van der Waals surface area contributed by atoms with Gasteiger partial charge in [-0.2, -0.15) is 10.5 Å². The highest BCUT2D eigenvalue weighted by molar-refractivity contribution is 5.92. The molecule has 4 rings (SSSR count). The average molecular weight is 394 g/mol. The number of nitrogens with two attached hydrogens (primary N) is 1. The summed E-state index contributed by atoms with van der Waals surface area (Å²) in [5.41, 5.74) is 10.5. The number of anilines is 2. The summed E-state index contributed by atoms with van der Waals surface area (Å²) < 4.78 is 2.02. The monoisotopic (exact) mass is 394 g/mol. The normalized spacial score (nSPS) is 11.6. The molecule has 2 aromatic carbocycles. The molecule has 4 aromatic rings. The first-order valence-electron chi connectivity index (χ1n) is 9.26. The van der Waals surface area contributed by atoms with Gasteiger partial charge < -0.3 is 15.6 Å². The van der Waals surface area contributed by atoms with E-state index >= 15 is 0 Å². The van der Waals surface area contributed by atoms with E-state index in [1.54, 1.807) is 12.1 Å². The third kappa shape index (κ3) is 3.17. The summed E-state index contributed by atoms with van der Waals surface area (Å²) in [6.07, 6.45) is 1.32. The molecule has 0 aliphatic rings. The molecule has 0 aliphatic heterocycles. The topological polar surface area (TPSA) is 129 Å². The van der Waals surface area contributed by atoms with Crippen molar-refractivity contribution in [2.24, 2.45) is 7.05 Å². The molecular formula is C22H18N8. The zero-order valence-corrected chi connectivity index (χ0v) is 16.5. The van der Waals surface area contributed by atoms with Crippen LogP contribution in [0.2, 0.25) is 0 Å². The van der Waals surface area contributed by atoms with Crippen LogP contribution in [0.3, 0.4) is 0 Å². The van der Waals surface area contributed by atoms with Gasteiger partial charge in [-0.05, 0) is 30.7 Å². The SMILES string of the molecule is C[C@H](Nc1ncnc(N)c1C#N)c1nc2cccc(-c3ccc(C#N)cc3)c2n1C. The van der Waals surface area contributed by atoms with Gasteiger partial charge in [0.25, 0.3) is 0 Å². The van der Waals surface area contributed by atoms with Crippen molar-refractivity contribution in [3.05, 3.63) is 65.7 Å². The van der Waals surface area contributed by atoms with E-state index in [1.165, 1.54) is 6.33 Å². The van der Waals surface area contributed by atoms with Gasteiger partial charge in [-0.1, -0.05) is 24.3 Å². The fourth-order valence-electron chi connectivity index (χ4n) is 3.52. The number of imidazole rings is 1. The second-order valence-corrected chi connectivity index (χ2v) is 6.85. The predicted octanol–water partition coefficient (Wildman–Crippen LogP) is 3.53. The first-order chi connectivity index (χ1) is 14.5. The molecule has 0 fully saturated rings.